The van der Waals surface area contributed by atoms with Crippen LogP contribution in [0.2, 0.25) is 0 Å². The molecule has 1 heterocycles. The van der Waals surface area contributed by atoms with Gasteiger partial charge in [-0.2, -0.15) is 0 Å². The van der Waals surface area contributed by atoms with Crippen molar-refractivity contribution >= 4 is 29.3 Å². The van der Waals surface area contributed by atoms with Gasteiger partial charge in [-0.15, -0.1) is 11.3 Å². The molecule has 0 aliphatic heterocycles. The van der Waals surface area contributed by atoms with Gasteiger partial charge in [-0.1, -0.05) is 30.3 Å². The van der Waals surface area contributed by atoms with Crippen LogP contribution in [0.25, 0.3) is 6.08 Å². The van der Waals surface area contributed by atoms with Gasteiger partial charge in [0, 0.05) is 11.0 Å². The van der Waals surface area contributed by atoms with Crippen LogP contribution < -0.4 is 5.32 Å². The number of halogens is 1. The van der Waals surface area contributed by atoms with Crippen molar-refractivity contribution in [3.8, 4) is 0 Å². The highest BCUT2D eigenvalue weighted by Gasteiger charge is 2.17. The van der Waals surface area contributed by atoms with Crippen LogP contribution in [0.1, 0.15) is 32.4 Å². The molecule has 1 aromatic heterocycles. The summed E-state index contributed by atoms with van der Waals surface area (Å²) in [5.41, 5.74) is 2.02. The Morgan fingerprint density at radius 2 is 1.79 bits per heavy atom. The van der Waals surface area contributed by atoms with Crippen molar-refractivity contribution in [1.82, 2.24) is 5.32 Å². The molecule has 0 saturated heterocycles. The van der Waals surface area contributed by atoms with E-state index in [9.17, 15) is 14.0 Å². The van der Waals surface area contributed by atoms with Gasteiger partial charge in [0.05, 0.1) is 18.7 Å². The molecule has 0 aliphatic carbocycles. The van der Waals surface area contributed by atoms with E-state index >= 15 is 0 Å². The SMILES string of the molecule is COC(=O)c1ccc(/C=C/C(=O)NC(c2ccc(F)cc2)c2cccs2)cc1. The zero-order chi connectivity index (χ0) is 19.9. The minimum atomic E-state index is -0.411. The van der Waals surface area contributed by atoms with Gasteiger partial charge in [-0.3, -0.25) is 4.79 Å². The zero-order valence-corrected chi connectivity index (χ0v) is 15.9. The first-order valence-electron chi connectivity index (χ1n) is 8.52. The summed E-state index contributed by atoms with van der Waals surface area (Å²) in [6.45, 7) is 0. The van der Waals surface area contributed by atoms with Crippen LogP contribution in [0.5, 0.6) is 0 Å². The van der Waals surface area contributed by atoms with Crippen LogP contribution in [-0.4, -0.2) is 19.0 Å². The Hall–Kier alpha value is -3.25. The second-order valence-electron chi connectivity index (χ2n) is 5.96. The van der Waals surface area contributed by atoms with Gasteiger partial charge in [-0.25, -0.2) is 9.18 Å². The van der Waals surface area contributed by atoms with Gasteiger partial charge in [0.15, 0.2) is 0 Å². The highest BCUT2D eigenvalue weighted by molar-refractivity contribution is 7.10. The minimum Gasteiger partial charge on any atom is -0.465 e. The predicted octanol–water partition coefficient (Wildman–Crippen LogP) is 4.59. The summed E-state index contributed by atoms with van der Waals surface area (Å²) in [5, 5.41) is 4.88. The third-order valence-corrected chi connectivity index (χ3v) is 5.01. The third-order valence-electron chi connectivity index (χ3n) is 4.08. The van der Waals surface area contributed by atoms with E-state index in [-0.39, 0.29) is 17.8 Å². The molecule has 0 radical (unpaired) electrons. The van der Waals surface area contributed by atoms with Crippen LogP contribution in [-0.2, 0) is 9.53 Å². The van der Waals surface area contributed by atoms with E-state index in [2.05, 4.69) is 10.1 Å². The predicted molar refractivity (Wildman–Crippen MR) is 108 cm³/mol. The monoisotopic (exact) mass is 395 g/mol. The van der Waals surface area contributed by atoms with E-state index in [1.807, 2.05) is 17.5 Å². The summed E-state index contributed by atoms with van der Waals surface area (Å²) in [6, 6.07) is 16.3. The van der Waals surface area contributed by atoms with Crippen molar-refractivity contribution in [2.45, 2.75) is 6.04 Å². The lowest BCUT2D eigenvalue weighted by Gasteiger charge is -2.17. The van der Waals surface area contributed by atoms with Crippen molar-refractivity contribution in [1.29, 1.82) is 0 Å². The maximum atomic E-state index is 13.2. The Morgan fingerprint density at radius 3 is 2.39 bits per heavy atom. The number of amides is 1. The molecule has 3 aromatic rings. The quantitative estimate of drug-likeness (QED) is 0.490. The standard InChI is InChI=1S/C22H18FNO3S/c1-27-22(26)17-7-4-15(5-8-17)6-13-20(25)24-21(19-3-2-14-28-19)16-9-11-18(23)12-10-16/h2-14,21H,1H3,(H,24,25)/b13-6+. The van der Waals surface area contributed by atoms with Crippen molar-refractivity contribution in [3.63, 3.8) is 0 Å². The summed E-state index contributed by atoms with van der Waals surface area (Å²) in [7, 11) is 1.33. The van der Waals surface area contributed by atoms with E-state index in [1.165, 1.54) is 36.7 Å². The molecule has 0 bridgehead atoms. The van der Waals surface area contributed by atoms with Gasteiger partial charge in [0.25, 0.3) is 0 Å². The van der Waals surface area contributed by atoms with E-state index in [0.29, 0.717) is 5.56 Å². The maximum absolute atomic E-state index is 13.2. The lowest BCUT2D eigenvalue weighted by Crippen LogP contribution is -2.27. The molecule has 3 rings (SSSR count). The molecule has 0 saturated carbocycles. The summed E-state index contributed by atoms with van der Waals surface area (Å²) in [5.74, 6) is -1.01. The van der Waals surface area contributed by atoms with E-state index < -0.39 is 5.97 Å². The molecule has 2 aromatic carbocycles. The Kier molecular flexibility index (Phi) is 6.34. The van der Waals surface area contributed by atoms with Crippen LogP contribution in [0.15, 0.2) is 72.1 Å². The first-order chi connectivity index (χ1) is 13.6. The average Bonchev–Trinajstić information content (AvgIpc) is 3.25. The molecule has 1 atom stereocenters. The molecule has 6 heteroatoms. The highest BCUT2D eigenvalue weighted by atomic mass is 32.1. The maximum Gasteiger partial charge on any atom is 0.337 e. The topological polar surface area (TPSA) is 55.4 Å². The van der Waals surface area contributed by atoms with Crippen LogP contribution in [0, 0.1) is 5.82 Å². The Labute approximate surface area is 166 Å². The largest absolute Gasteiger partial charge is 0.465 e. The second-order valence-corrected chi connectivity index (χ2v) is 6.93. The first kappa shape index (κ1) is 19.5. The van der Waals surface area contributed by atoms with Gasteiger partial charge in [0.2, 0.25) is 5.91 Å². The molecule has 4 nitrogen and oxygen atoms in total. The summed E-state index contributed by atoms with van der Waals surface area (Å²) in [6.07, 6.45) is 3.09. The number of ether oxygens (including phenoxy) is 1. The number of hydrogen-bond acceptors (Lipinski definition) is 4. The van der Waals surface area contributed by atoms with Gasteiger partial charge in [-0.05, 0) is 52.9 Å². The second kappa shape index (κ2) is 9.10. The Bertz CT molecular complexity index is 964. The number of carbonyl (C=O) groups is 2. The first-order valence-corrected chi connectivity index (χ1v) is 9.40. The van der Waals surface area contributed by atoms with Crippen LogP contribution in [0.3, 0.4) is 0 Å². The lowest BCUT2D eigenvalue weighted by molar-refractivity contribution is -0.116. The average molecular weight is 395 g/mol. The summed E-state index contributed by atoms with van der Waals surface area (Å²) >= 11 is 1.52. The minimum absolute atomic E-state index is 0.278. The number of hydrogen-bond donors (Lipinski definition) is 1. The van der Waals surface area contributed by atoms with Crippen LogP contribution in [0.4, 0.5) is 4.39 Å². The number of esters is 1. The van der Waals surface area contributed by atoms with E-state index in [4.69, 9.17) is 0 Å². The molecular formula is C22H18FNO3S. The number of rotatable bonds is 6. The number of thiophene rings is 1. The Morgan fingerprint density at radius 1 is 1.07 bits per heavy atom. The molecular weight excluding hydrogens is 377 g/mol. The fourth-order valence-electron chi connectivity index (χ4n) is 2.64. The highest BCUT2D eigenvalue weighted by Crippen LogP contribution is 2.26. The third kappa shape index (κ3) is 4.92. The summed E-state index contributed by atoms with van der Waals surface area (Å²) < 4.78 is 17.9. The molecule has 0 fully saturated rings. The Balaban J connectivity index is 1.72. The number of methoxy groups -OCH3 is 1. The van der Waals surface area contributed by atoms with Crippen LogP contribution >= 0.6 is 11.3 Å². The van der Waals surface area contributed by atoms with Gasteiger partial charge in [0.1, 0.15) is 5.82 Å². The summed E-state index contributed by atoms with van der Waals surface area (Å²) in [4.78, 5) is 24.9. The van der Waals surface area contributed by atoms with Crippen molar-refractivity contribution in [3.05, 3.63) is 99.5 Å². The van der Waals surface area contributed by atoms with Crippen molar-refractivity contribution in [2.24, 2.45) is 0 Å². The fourth-order valence-corrected chi connectivity index (χ4v) is 3.44. The molecule has 1 unspecified atom stereocenters. The zero-order valence-electron chi connectivity index (χ0n) is 15.1. The van der Waals surface area contributed by atoms with E-state index in [0.717, 1.165) is 16.0 Å². The van der Waals surface area contributed by atoms with Crippen molar-refractivity contribution in [2.75, 3.05) is 7.11 Å². The molecule has 1 amide bonds. The van der Waals surface area contributed by atoms with Crippen molar-refractivity contribution < 1.29 is 18.7 Å². The molecule has 0 aliphatic rings. The normalized spacial score (nSPS) is 11.9. The number of carbonyl (C=O) groups excluding carboxylic acids is 2. The fraction of sp³-hybridized carbons (Fsp3) is 0.0909. The van der Waals surface area contributed by atoms with E-state index in [1.54, 1.807) is 42.5 Å². The lowest BCUT2D eigenvalue weighted by atomic mass is 10.1. The van der Waals surface area contributed by atoms with Gasteiger partial charge >= 0.3 is 5.97 Å². The number of nitrogens with one attached hydrogen (secondary N) is 1. The molecule has 1 N–H and O–H groups in total. The molecule has 0 spiro atoms. The smallest absolute Gasteiger partial charge is 0.337 e. The molecule has 142 valence electrons. The number of benzene rings is 2. The molecule has 28 heavy (non-hydrogen) atoms. The van der Waals surface area contributed by atoms with Gasteiger partial charge < -0.3 is 10.1 Å².